The summed E-state index contributed by atoms with van der Waals surface area (Å²) < 4.78 is 23.5. The highest BCUT2D eigenvalue weighted by Crippen LogP contribution is 1.82. The fraction of sp³-hybridized carbons (Fsp3) is 0.875. The van der Waals surface area contributed by atoms with Crippen molar-refractivity contribution in [2.24, 2.45) is 5.14 Å². The Hall–Kier alpha value is -0.660. The fourth-order valence-electron chi connectivity index (χ4n) is 0.787. The number of methoxy groups -OCH3 is 1. The molecule has 0 unspecified atom stereocenters. The van der Waals surface area contributed by atoms with Gasteiger partial charge < -0.3 is 9.64 Å². The van der Waals surface area contributed by atoms with Crippen molar-refractivity contribution in [1.82, 2.24) is 4.90 Å². The minimum absolute atomic E-state index is 0.937. The van der Waals surface area contributed by atoms with E-state index in [1.165, 1.54) is 19.6 Å². The lowest BCUT2D eigenvalue weighted by Gasteiger charge is -2.13. The summed E-state index contributed by atoms with van der Waals surface area (Å²) in [4.78, 5) is 12.3. The molecule has 0 spiro atoms. The first-order valence-electron chi connectivity index (χ1n) is 4.66. The van der Waals surface area contributed by atoms with Crippen molar-refractivity contribution < 1.29 is 17.9 Å². The van der Waals surface area contributed by atoms with Gasteiger partial charge in [-0.05, 0) is 19.6 Å². The smallest absolute Gasteiger partial charge is 0.439 e. The zero-order chi connectivity index (χ0) is 12.5. The second-order valence-electron chi connectivity index (χ2n) is 2.62. The number of carbonyl (C=O) groups excluding carboxylic acids is 1. The van der Waals surface area contributed by atoms with Gasteiger partial charge in [-0.1, -0.05) is 20.8 Å². The molecular formula is C8H20N2O4S. The second kappa shape index (κ2) is 8.63. The van der Waals surface area contributed by atoms with Crippen LogP contribution < -0.4 is 5.14 Å². The van der Waals surface area contributed by atoms with Gasteiger partial charge in [-0.25, -0.2) is 18.4 Å². The number of sulfonamides is 1. The first kappa shape index (κ1) is 16.8. The third-order valence-corrected chi connectivity index (χ3v) is 2.37. The van der Waals surface area contributed by atoms with Crippen molar-refractivity contribution in [1.29, 1.82) is 0 Å². The maximum atomic E-state index is 9.90. The highest BCUT2D eigenvalue weighted by molar-refractivity contribution is 8.03. The lowest BCUT2D eigenvalue weighted by atomic mass is 10.5. The number of rotatable bonds is 3. The van der Waals surface area contributed by atoms with E-state index in [4.69, 9.17) is 0 Å². The molecule has 0 amide bonds. The summed E-state index contributed by atoms with van der Waals surface area (Å²) >= 11 is 0. The van der Waals surface area contributed by atoms with Crippen molar-refractivity contribution in [2.45, 2.75) is 20.8 Å². The zero-order valence-corrected chi connectivity index (χ0v) is 10.5. The molecule has 0 atom stereocenters. The van der Waals surface area contributed by atoms with Gasteiger partial charge in [0.05, 0.1) is 7.11 Å². The largest absolute Gasteiger partial charge is 0.456 e. The minimum Gasteiger partial charge on any atom is -0.456 e. The molecule has 0 saturated heterocycles. The van der Waals surface area contributed by atoms with Crippen LogP contribution in [0, 0.1) is 0 Å². The monoisotopic (exact) mass is 240 g/mol. The standard InChI is InChI=1S/C6H15N.C2H5NO4S/c1-4-7(5-2)6-3;1-7-2(4)8(3,5)6/h4-6H2,1-3H3;1H3,(H2,3,5,6). The van der Waals surface area contributed by atoms with Crippen LogP contribution in [0.2, 0.25) is 0 Å². The van der Waals surface area contributed by atoms with E-state index in [0.717, 1.165) is 7.11 Å². The summed E-state index contributed by atoms with van der Waals surface area (Å²) in [7, 11) is -3.18. The molecule has 0 bridgehead atoms. The van der Waals surface area contributed by atoms with Crippen molar-refractivity contribution in [3.8, 4) is 0 Å². The topological polar surface area (TPSA) is 89.7 Å². The van der Waals surface area contributed by atoms with Crippen LogP contribution in [0.5, 0.6) is 0 Å². The molecule has 2 N–H and O–H groups in total. The molecule has 0 aromatic carbocycles. The molecule has 0 fully saturated rings. The van der Waals surface area contributed by atoms with E-state index in [0.29, 0.717) is 0 Å². The van der Waals surface area contributed by atoms with Crippen molar-refractivity contribution in [3.63, 3.8) is 0 Å². The molecule has 0 radical (unpaired) electrons. The Kier molecular flexibility index (Phi) is 9.64. The van der Waals surface area contributed by atoms with E-state index >= 15 is 0 Å². The van der Waals surface area contributed by atoms with Crippen molar-refractivity contribution >= 4 is 15.3 Å². The number of hydrogen-bond donors (Lipinski definition) is 1. The van der Waals surface area contributed by atoms with E-state index in [9.17, 15) is 13.2 Å². The highest BCUT2D eigenvalue weighted by Gasteiger charge is 2.15. The van der Waals surface area contributed by atoms with Gasteiger partial charge >= 0.3 is 15.3 Å². The first-order chi connectivity index (χ1) is 6.83. The SMILES string of the molecule is CCN(CC)CC.COC(=O)S(N)(=O)=O. The Morgan fingerprint density at radius 2 is 1.53 bits per heavy atom. The van der Waals surface area contributed by atoms with Gasteiger partial charge in [0.1, 0.15) is 0 Å². The Balaban J connectivity index is 0. The molecule has 0 rings (SSSR count). The van der Waals surface area contributed by atoms with Crippen LogP contribution in [0.4, 0.5) is 4.79 Å². The molecule has 15 heavy (non-hydrogen) atoms. The normalized spacial score (nSPS) is 10.5. The summed E-state index contributed by atoms with van der Waals surface area (Å²) in [6.45, 7) is 10.1. The average molecular weight is 240 g/mol. The van der Waals surface area contributed by atoms with Crippen LogP contribution in [0.25, 0.3) is 0 Å². The molecular weight excluding hydrogens is 220 g/mol. The van der Waals surface area contributed by atoms with Crippen molar-refractivity contribution in [3.05, 3.63) is 0 Å². The number of ether oxygens (including phenoxy) is 1. The van der Waals surface area contributed by atoms with Gasteiger partial charge in [0, 0.05) is 0 Å². The molecule has 6 nitrogen and oxygen atoms in total. The lowest BCUT2D eigenvalue weighted by molar-refractivity contribution is 0.197. The van der Waals surface area contributed by atoms with Gasteiger partial charge in [0.25, 0.3) is 0 Å². The lowest BCUT2D eigenvalue weighted by Crippen LogP contribution is -2.22. The predicted octanol–water partition coefficient (Wildman–Crippen LogP) is 0.389. The van der Waals surface area contributed by atoms with E-state index in [-0.39, 0.29) is 0 Å². The first-order valence-corrected chi connectivity index (χ1v) is 6.21. The van der Waals surface area contributed by atoms with Crippen molar-refractivity contribution in [2.75, 3.05) is 26.7 Å². The van der Waals surface area contributed by atoms with Crippen LogP contribution in [-0.4, -0.2) is 45.4 Å². The Morgan fingerprint density at radius 3 is 1.53 bits per heavy atom. The third-order valence-electron chi connectivity index (χ3n) is 1.74. The summed E-state index contributed by atoms with van der Waals surface area (Å²) in [5.41, 5.74) is 0. The number of nitrogens with two attached hydrogens (primary N) is 1. The van der Waals surface area contributed by atoms with Gasteiger partial charge in [-0.15, -0.1) is 0 Å². The fourth-order valence-corrected chi connectivity index (χ4v) is 1.02. The van der Waals surface area contributed by atoms with Crippen LogP contribution in [0.3, 0.4) is 0 Å². The van der Waals surface area contributed by atoms with Crippen LogP contribution in [0.1, 0.15) is 20.8 Å². The zero-order valence-electron chi connectivity index (χ0n) is 9.69. The van der Waals surface area contributed by atoms with Gasteiger partial charge in [-0.3, -0.25) is 0 Å². The number of carbonyl (C=O) groups is 1. The van der Waals surface area contributed by atoms with Crippen LogP contribution >= 0.6 is 0 Å². The van der Waals surface area contributed by atoms with Gasteiger partial charge in [0.15, 0.2) is 0 Å². The maximum absolute atomic E-state index is 9.90. The number of primary sulfonamides is 1. The summed E-state index contributed by atoms with van der Waals surface area (Å²) in [5.74, 6) is 0. The van der Waals surface area contributed by atoms with Gasteiger partial charge in [0.2, 0.25) is 0 Å². The number of hydrogen-bond acceptors (Lipinski definition) is 5. The molecule has 0 aromatic rings. The van der Waals surface area contributed by atoms with E-state index in [2.05, 4.69) is 35.5 Å². The summed E-state index contributed by atoms with van der Waals surface area (Å²) in [5, 5.41) is 2.87. The third kappa shape index (κ3) is 9.64. The van der Waals surface area contributed by atoms with Gasteiger partial charge in [-0.2, -0.15) is 0 Å². The van der Waals surface area contributed by atoms with E-state index in [1.807, 2.05) is 0 Å². The molecule has 0 aromatic heterocycles. The number of nitrogens with zero attached hydrogens (tertiary/aromatic N) is 1. The molecule has 0 aliphatic carbocycles. The van der Waals surface area contributed by atoms with Crippen LogP contribution in [0.15, 0.2) is 0 Å². The summed E-state index contributed by atoms with van der Waals surface area (Å²) in [6, 6.07) is 0. The summed E-state index contributed by atoms with van der Waals surface area (Å²) in [6.07, 6.45) is 0. The maximum Gasteiger partial charge on any atom is 0.439 e. The Morgan fingerprint density at radius 1 is 1.20 bits per heavy atom. The predicted molar refractivity (Wildman–Crippen MR) is 59.0 cm³/mol. The minimum atomic E-state index is -4.11. The average Bonchev–Trinajstić information content (AvgIpc) is 2.19. The molecule has 0 saturated carbocycles. The molecule has 0 aliphatic rings. The molecule has 0 aliphatic heterocycles. The van der Waals surface area contributed by atoms with E-state index < -0.39 is 15.3 Å². The quantitative estimate of drug-likeness (QED) is 0.721. The Bertz CT molecular complexity index is 254. The van der Waals surface area contributed by atoms with Crippen LogP contribution in [-0.2, 0) is 14.8 Å². The molecule has 0 heterocycles. The Labute approximate surface area is 91.4 Å². The molecule has 7 heteroatoms. The highest BCUT2D eigenvalue weighted by atomic mass is 32.2. The second-order valence-corrected chi connectivity index (χ2v) is 4.04. The van der Waals surface area contributed by atoms with E-state index in [1.54, 1.807) is 0 Å². The molecule has 92 valence electrons.